The number of nitrogens with zero attached hydrogens (tertiary/aromatic N) is 2. The van der Waals surface area contributed by atoms with Gasteiger partial charge in [0.2, 0.25) is 0 Å². The highest BCUT2D eigenvalue weighted by molar-refractivity contribution is 5.70. The Kier molecular flexibility index (Phi) is 6.07. The zero-order valence-electron chi connectivity index (χ0n) is 19.0. The van der Waals surface area contributed by atoms with Gasteiger partial charge in [0.05, 0.1) is 6.61 Å². The predicted molar refractivity (Wildman–Crippen MR) is 120 cm³/mol. The third kappa shape index (κ3) is 4.49. The molecular formula is C25H36N2O2. The lowest BCUT2D eigenvalue weighted by Crippen LogP contribution is -2.28. The average Bonchev–Trinajstić information content (AvgIpc) is 2.95. The molecule has 0 unspecified atom stereocenters. The molecule has 29 heavy (non-hydrogen) atoms. The summed E-state index contributed by atoms with van der Waals surface area (Å²) in [5, 5.41) is 8.86. The summed E-state index contributed by atoms with van der Waals surface area (Å²) in [7, 11) is 0. The topological polar surface area (TPSA) is 45.6 Å². The van der Waals surface area contributed by atoms with Gasteiger partial charge in [-0.2, -0.15) is 0 Å². The van der Waals surface area contributed by atoms with E-state index in [1.165, 1.54) is 28.8 Å². The fourth-order valence-electron chi connectivity index (χ4n) is 4.22. The minimum absolute atomic E-state index is 0.0873. The van der Waals surface area contributed by atoms with Gasteiger partial charge in [0.15, 0.2) is 0 Å². The Labute approximate surface area is 175 Å². The lowest BCUT2D eigenvalue weighted by atomic mass is 9.80. The first-order valence-electron chi connectivity index (χ1n) is 10.7. The number of anilines is 2. The summed E-state index contributed by atoms with van der Waals surface area (Å²) >= 11 is 0. The molecule has 1 aliphatic carbocycles. The van der Waals surface area contributed by atoms with Gasteiger partial charge < -0.3 is 14.7 Å². The maximum absolute atomic E-state index is 8.86. The number of aromatic nitrogens is 1. The molecule has 1 aromatic heterocycles. The van der Waals surface area contributed by atoms with E-state index in [4.69, 9.17) is 14.8 Å². The van der Waals surface area contributed by atoms with Crippen LogP contribution in [0, 0.1) is 0 Å². The van der Waals surface area contributed by atoms with Gasteiger partial charge in [-0.05, 0) is 71.9 Å². The number of hydrogen-bond acceptors (Lipinski definition) is 4. The molecule has 4 heteroatoms. The van der Waals surface area contributed by atoms with Crippen LogP contribution in [0.2, 0.25) is 0 Å². The SMILES string of the molecule is CC(C)N(c1ccc(COCO)cn1)c1cc(C(C)(C)C)cc2c1CCC2(C)C. The molecule has 4 nitrogen and oxygen atoms in total. The maximum Gasteiger partial charge on any atom is 0.144 e. The minimum atomic E-state index is -0.276. The van der Waals surface area contributed by atoms with Crippen molar-refractivity contribution in [2.75, 3.05) is 11.7 Å². The normalized spacial score (nSPS) is 15.6. The van der Waals surface area contributed by atoms with E-state index in [2.05, 4.69) is 71.6 Å². The monoisotopic (exact) mass is 396 g/mol. The maximum atomic E-state index is 8.86. The number of pyridine rings is 1. The number of rotatable bonds is 6. The zero-order valence-corrected chi connectivity index (χ0v) is 19.0. The molecule has 2 aromatic rings. The minimum Gasteiger partial charge on any atom is -0.371 e. The van der Waals surface area contributed by atoms with Gasteiger partial charge in [0, 0.05) is 17.9 Å². The molecule has 1 heterocycles. The Hall–Kier alpha value is -1.91. The first kappa shape index (κ1) is 21.8. The van der Waals surface area contributed by atoms with Crippen molar-refractivity contribution < 1.29 is 9.84 Å². The van der Waals surface area contributed by atoms with Crippen LogP contribution in [0.5, 0.6) is 0 Å². The van der Waals surface area contributed by atoms with Crippen LogP contribution in [0.4, 0.5) is 11.5 Å². The van der Waals surface area contributed by atoms with Crippen molar-refractivity contribution >= 4 is 11.5 Å². The zero-order chi connectivity index (χ0) is 21.4. The second-order valence-corrected chi connectivity index (χ2v) is 10.1. The van der Waals surface area contributed by atoms with Crippen LogP contribution in [-0.4, -0.2) is 22.9 Å². The van der Waals surface area contributed by atoms with Crippen molar-refractivity contribution in [3.63, 3.8) is 0 Å². The molecule has 0 aliphatic heterocycles. The first-order chi connectivity index (χ1) is 13.5. The Morgan fingerprint density at radius 3 is 2.48 bits per heavy atom. The van der Waals surface area contributed by atoms with Crippen LogP contribution in [0.15, 0.2) is 30.5 Å². The predicted octanol–water partition coefficient (Wildman–Crippen LogP) is 5.62. The van der Waals surface area contributed by atoms with Gasteiger partial charge in [0.25, 0.3) is 0 Å². The van der Waals surface area contributed by atoms with Crippen LogP contribution in [0.25, 0.3) is 0 Å². The molecular weight excluding hydrogens is 360 g/mol. The van der Waals surface area contributed by atoms with Crippen molar-refractivity contribution in [1.82, 2.24) is 4.98 Å². The summed E-state index contributed by atoms with van der Waals surface area (Å²) < 4.78 is 5.09. The van der Waals surface area contributed by atoms with Gasteiger partial charge in [-0.3, -0.25) is 0 Å². The second-order valence-electron chi connectivity index (χ2n) is 10.1. The van der Waals surface area contributed by atoms with E-state index in [9.17, 15) is 0 Å². The molecule has 3 rings (SSSR count). The smallest absolute Gasteiger partial charge is 0.144 e. The highest BCUT2D eigenvalue weighted by atomic mass is 16.6. The number of aliphatic hydroxyl groups excluding tert-OH is 1. The molecule has 0 spiro atoms. The number of fused-ring (bicyclic) bond motifs is 1. The van der Waals surface area contributed by atoms with Crippen LogP contribution >= 0.6 is 0 Å². The summed E-state index contributed by atoms with van der Waals surface area (Å²) in [6.07, 6.45) is 4.13. The highest BCUT2D eigenvalue weighted by Crippen LogP contribution is 2.46. The number of ether oxygens (including phenoxy) is 1. The summed E-state index contributed by atoms with van der Waals surface area (Å²) in [6, 6.07) is 9.19. The van der Waals surface area contributed by atoms with E-state index < -0.39 is 0 Å². The molecule has 0 radical (unpaired) electrons. The highest BCUT2D eigenvalue weighted by Gasteiger charge is 2.35. The van der Waals surface area contributed by atoms with Gasteiger partial charge in [-0.25, -0.2) is 4.98 Å². The lowest BCUT2D eigenvalue weighted by molar-refractivity contribution is -0.0113. The summed E-state index contributed by atoms with van der Waals surface area (Å²) in [5.41, 5.74) is 6.86. The standard InChI is InChI=1S/C25H36N2O2/c1-17(2)27(23-9-8-18(14-26-23)15-29-16-28)22-13-19(24(3,4)5)12-21-20(22)10-11-25(21,6)7/h8-9,12-14,17,28H,10-11,15-16H2,1-7H3. The summed E-state index contributed by atoms with van der Waals surface area (Å²) in [4.78, 5) is 7.11. The Bertz CT molecular complexity index is 848. The molecule has 0 bridgehead atoms. The fraction of sp³-hybridized carbons (Fsp3) is 0.560. The van der Waals surface area contributed by atoms with Crippen LogP contribution in [0.3, 0.4) is 0 Å². The van der Waals surface area contributed by atoms with Gasteiger partial charge in [-0.1, -0.05) is 46.8 Å². The number of hydrogen-bond donors (Lipinski definition) is 1. The third-order valence-electron chi connectivity index (χ3n) is 6.01. The van der Waals surface area contributed by atoms with E-state index in [1.807, 2.05) is 12.3 Å². The van der Waals surface area contributed by atoms with Crippen LogP contribution < -0.4 is 4.90 Å². The van der Waals surface area contributed by atoms with Gasteiger partial charge in [0.1, 0.15) is 12.6 Å². The van der Waals surface area contributed by atoms with E-state index in [1.54, 1.807) is 0 Å². The number of benzene rings is 1. The summed E-state index contributed by atoms with van der Waals surface area (Å²) in [6.45, 7) is 16.1. The number of aliphatic hydroxyl groups is 1. The van der Waals surface area contributed by atoms with Crippen LogP contribution in [-0.2, 0) is 28.6 Å². The molecule has 0 atom stereocenters. The van der Waals surface area contributed by atoms with Gasteiger partial charge >= 0.3 is 0 Å². The Balaban J connectivity index is 2.11. The quantitative estimate of drug-likeness (QED) is 0.644. The summed E-state index contributed by atoms with van der Waals surface area (Å²) in [5.74, 6) is 0.950. The van der Waals surface area contributed by atoms with Crippen LogP contribution in [0.1, 0.15) is 77.1 Å². The largest absolute Gasteiger partial charge is 0.371 e. The molecule has 1 N–H and O–H groups in total. The molecule has 0 amide bonds. The van der Waals surface area contributed by atoms with E-state index >= 15 is 0 Å². The second kappa shape index (κ2) is 8.08. The lowest BCUT2D eigenvalue weighted by Gasteiger charge is -2.33. The van der Waals surface area contributed by atoms with Gasteiger partial charge in [-0.15, -0.1) is 0 Å². The van der Waals surface area contributed by atoms with E-state index in [0.29, 0.717) is 6.61 Å². The van der Waals surface area contributed by atoms with Crippen molar-refractivity contribution in [2.45, 2.75) is 84.8 Å². The molecule has 158 valence electrons. The molecule has 0 saturated carbocycles. The van der Waals surface area contributed by atoms with Crippen molar-refractivity contribution in [3.8, 4) is 0 Å². The molecule has 0 saturated heterocycles. The Morgan fingerprint density at radius 2 is 1.93 bits per heavy atom. The van der Waals surface area contributed by atoms with Crippen molar-refractivity contribution in [3.05, 3.63) is 52.7 Å². The van der Waals surface area contributed by atoms with Crippen molar-refractivity contribution in [2.24, 2.45) is 0 Å². The fourth-order valence-corrected chi connectivity index (χ4v) is 4.22. The molecule has 1 aliphatic rings. The third-order valence-corrected chi connectivity index (χ3v) is 6.01. The van der Waals surface area contributed by atoms with Crippen molar-refractivity contribution in [1.29, 1.82) is 0 Å². The van der Waals surface area contributed by atoms with E-state index in [0.717, 1.165) is 17.8 Å². The van der Waals surface area contributed by atoms with E-state index in [-0.39, 0.29) is 23.7 Å². The Morgan fingerprint density at radius 1 is 1.21 bits per heavy atom. The molecule has 0 fully saturated rings. The average molecular weight is 397 g/mol. The molecule has 1 aromatic carbocycles. The first-order valence-corrected chi connectivity index (χ1v) is 10.7.